The summed E-state index contributed by atoms with van der Waals surface area (Å²) in [4.78, 5) is 43.0. The van der Waals surface area contributed by atoms with Crippen LogP contribution >= 0.6 is 0 Å². The van der Waals surface area contributed by atoms with E-state index < -0.39 is 24.1 Å². The second kappa shape index (κ2) is 10.8. The smallest absolute Gasteiger partial charge is 0.323 e. The minimum absolute atomic E-state index is 0.0305. The van der Waals surface area contributed by atoms with Crippen LogP contribution in [-0.4, -0.2) is 31.8 Å². The molecule has 4 rings (SSSR count). The summed E-state index contributed by atoms with van der Waals surface area (Å²) in [6.07, 6.45) is 1.46. The highest BCUT2D eigenvalue weighted by Crippen LogP contribution is 2.35. The number of rotatable bonds is 7. The summed E-state index contributed by atoms with van der Waals surface area (Å²) in [7, 11) is 0. The highest BCUT2D eigenvalue weighted by Gasteiger charge is 2.23. The van der Waals surface area contributed by atoms with Crippen molar-refractivity contribution in [1.29, 1.82) is 0 Å². The van der Waals surface area contributed by atoms with Crippen LogP contribution < -0.4 is 16.2 Å². The molecule has 0 saturated heterocycles. The molecule has 0 fully saturated rings. The fourth-order valence-corrected chi connectivity index (χ4v) is 4.59. The van der Waals surface area contributed by atoms with E-state index >= 15 is 0 Å². The first-order chi connectivity index (χ1) is 18.1. The molecule has 0 bridgehead atoms. The molecule has 2 aromatic heterocycles. The minimum atomic E-state index is -1.23. The molecule has 0 aliphatic carbocycles. The molecule has 0 aliphatic heterocycles. The Balaban J connectivity index is 1.91. The Morgan fingerprint density at radius 1 is 0.921 bits per heavy atom. The number of benzene rings is 2. The van der Waals surface area contributed by atoms with Gasteiger partial charge in [0.05, 0.1) is 0 Å². The molecule has 2 amide bonds. The summed E-state index contributed by atoms with van der Waals surface area (Å²) >= 11 is 0. The molecular weight excluding hydrogens is 484 g/mol. The van der Waals surface area contributed by atoms with E-state index in [1.54, 1.807) is 24.3 Å². The van der Waals surface area contributed by atoms with Crippen LogP contribution in [0.5, 0.6) is 5.75 Å². The van der Waals surface area contributed by atoms with Gasteiger partial charge >= 0.3 is 12.0 Å². The lowest BCUT2D eigenvalue weighted by molar-refractivity contribution is -0.137. The molecule has 0 aliphatic rings. The summed E-state index contributed by atoms with van der Waals surface area (Å²) in [5.41, 5.74) is 2.65. The van der Waals surface area contributed by atoms with Gasteiger partial charge in [0.25, 0.3) is 5.56 Å². The number of aromatic nitrogens is 2. The first kappa shape index (κ1) is 26.4. The van der Waals surface area contributed by atoms with Crippen LogP contribution in [0.3, 0.4) is 0 Å². The van der Waals surface area contributed by atoms with Crippen LogP contribution in [0.15, 0.2) is 65.6 Å². The van der Waals surface area contributed by atoms with Gasteiger partial charge in [-0.15, -0.1) is 0 Å². The molecule has 0 radical (unpaired) electrons. The van der Waals surface area contributed by atoms with Gasteiger partial charge in [-0.25, -0.2) is 9.78 Å². The average Bonchev–Trinajstić information content (AvgIpc) is 2.86. The predicted molar refractivity (Wildman–Crippen MR) is 148 cm³/mol. The summed E-state index contributed by atoms with van der Waals surface area (Å²) < 4.78 is 1.02. The van der Waals surface area contributed by atoms with Crippen molar-refractivity contribution in [1.82, 2.24) is 9.55 Å². The molecule has 38 heavy (non-hydrogen) atoms. The average molecular weight is 515 g/mol. The monoisotopic (exact) mass is 514 g/mol. The van der Waals surface area contributed by atoms with E-state index in [-0.39, 0.29) is 28.9 Å². The standard InChI is InChI=1S/C29H30N4O5/c1-16(2)20-10-6-11-21(17(3)4)25(20)31-29(38)32-26-24(18-8-5-9-19(34)14-18)22-12-7-13-30-27(22)33(28(26)37)15-23(35)36/h5-14,16-17,34H,15H2,1-4H3,(H,35,36)(H2,31,32,38). The number of amides is 2. The van der Waals surface area contributed by atoms with Gasteiger partial charge in [0.15, 0.2) is 0 Å². The van der Waals surface area contributed by atoms with Gasteiger partial charge in [-0.2, -0.15) is 0 Å². The SMILES string of the molecule is CC(C)c1cccc(C(C)C)c1NC(=O)Nc1c(-c2cccc(O)c2)c2cccnc2n(CC(=O)O)c1=O. The van der Waals surface area contributed by atoms with E-state index in [2.05, 4.69) is 15.6 Å². The second-order valence-electron chi connectivity index (χ2n) is 9.66. The van der Waals surface area contributed by atoms with Crippen molar-refractivity contribution in [3.8, 4) is 16.9 Å². The summed E-state index contributed by atoms with van der Waals surface area (Å²) in [6, 6.07) is 14.8. The number of phenolic OH excluding ortho intramolecular Hbond substituents is 1. The number of fused-ring (bicyclic) bond motifs is 1. The van der Waals surface area contributed by atoms with Crippen molar-refractivity contribution >= 4 is 34.4 Å². The predicted octanol–water partition coefficient (Wildman–Crippen LogP) is 5.74. The number of nitrogens with zero attached hydrogens (tertiary/aromatic N) is 2. The van der Waals surface area contributed by atoms with Crippen LogP contribution in [0.25, 0.3) is 22.2 Å². The number of anilines is 2. The van der Waals surface area contributed by atoms with E-state index in [4.69, 9.17) is 0 Å². The molecule has 4 aromatic rings. The minimum Gasteiger partial charge on any atom is -0.508 e. The number of carbonyl (C=O) groups is 2. The van der Waals surface area contributed by atoms with Crippen LogP contribution in [0, 0.1) is 0 Å². The van der Waals surface area contributed by atoms with Gasteiger partial charge in [-0.3, -0.25) is 14.2 Å². The zero-order chi connectivity index (χ0) is 27.6. The summed E-state index contributed by atoms with van der Waals surface area (Å²) in [5.74, 6) is -0.998. The van der Waals surface area contributed by atoms with Crippen molar-refractivity contribution in [2.24, 2.45) is 0 Å². The molecule has 0 spiro atoms. The van der Waals surface area contributed by atoms with Crippen molar-refractivity contribution in [3.63, 3.8) is 0 Å². The highest BCUT2D eigenvalue weighted by molar-refractivity contribution is 6.08. The molecule has 0 saturated carbocycles. The molecule has 9 heteroatoms. The van der Waals surface area contributed by atoms with Crippen molar-refractivity contribution in [2.45, 2.75) is 46.1 Å². The maximum absolute atomic E-state index is 13.7. The van der Waals surface area contributed by atoms with Gasteiger partial charge in [-0.1, -0.05) is 58.0 Å². The number of para-hydroxylation sites is 1. The third kappa shape index (κ3) is 5.22. The van der Waals surface area contributed by atoms with Crippen molar-refractivity contribution < 1.29 is 19.8 Å². The van der Waals surface area contributed by atoms with Crippen LogP contribution in [0.1, 0.15) is 50.7 Å². The second-order valence-corrected chi connectivity index (χ2v) is 9.66. The lowest BCUT2D eigenvalue weighted by Gasteiger charge is -2.21. The molecule has 9 nitrogen and oxygen atoms in total. The number of phenols is 1. The van der Waals surface area contributed by atoms with Gasteiger partial charge in [0.1, 0.15) is 23.6 Å². The molecule has 0 atom stereocenters. The Labute approximate surface area is 219 Å². The molecule has 4 N–H and O–H groups in total. The molecule has 2 heterocycles. The molecular formula is C29H30N4O5. The fraction of sp³-hybridized carbons (Fsp3) is 0.241. The third-order valence-corrected chi connectivity index (χ3v) is 6.30. The lowest BCUT2D eigenvalue weighted by atomic mass is 9.93. The Bertz CT molecular complexity index is 1560. The number of aliphatic carboxylic acids is 1. The van der Waals surface area contributed by atoms with Crippen molar-refractivity contribution in [2.75, 3.05) is 10.6 Å². The zero-order valence-corrected chi connectivity index (χ0v) is 21.6. The Morgan fingerprint density at radius 2 is 1.55 bits per heavy atom. The number of hydrogen-bond acceptors (Lipinski definition) is 5. The number of pyridine rings is 2. The van der Waals surface area contributed by atoms with Gasteiger partial charge in [-0.05, 0) is 52.8 Å². The Hall–Kier alpha value is -4.66. The van der Waals surface area contributed by atoms with E-state index in [0.717, 1.165) is 15.7 Å². The number of aromatic hydroxyl groups is 1. The van der Waals surface area contributed by atoms with Gasteiger partial charge < -0.3 is 20.8 Å². The van der Waals surface area contributed by atoms with E-state index in [0.29, 0.717) is 22.2 Å². The first-order valence-corrected chi connectivity index (χ1v) is 12.3. The Kier molecular flexibility index (Phi) is 7.47. The number of urea groups is 1. The van der Waals surface area contributed by atoms with E-state index in [9.17, 15) is 24.6 Å². The number of carboxylic acids is 1. The Morgan fingerprint density at radius 3 is 2.16 bits per heavy atom. The highest BCUT2D eigenvalue weighted by atomic mass is 16.4. The number of hydrogen-bond donors (Lipinski definition) is 4. The normalized spacial score (nSPS) is 11.2. The van der Waals surface area contributed by atoms with E-state index in [1.807, 2.05) is 45.9 Å². The van der Waals surface area contributed by atoms with Crippen LogP contribution in [-0.2, 0) is 11.3 Å². The third-order valence-electron chi connectivity index (χ3n) is 6.30. The van der Waals surface area contributed by atoms with Gasteiger partial charge in [0.2, 0.25) is 0 Å². The number of nitrogens with one attached hydrogen (secondary N) is 2. The molecule has 2 aromatic carbocycles. The zero-order valence-electron chi connectivity index (χ0n) is 21.6. The summed E-state index contributed by atoms with van der Waals surface area (Å²) in [5, 5.41) is 25.7. The molecule has 196 valence electrons. The van der Waals surface area contributed by atoms with E-state index in [1.165, 1.54) is 18.3 Å². The lowest BCUT2D eigenvalue weighted by Crippen LogP contribution is -2.31. The maximum Gasteiger partial charge on any atom is 0.323 e. The van der Waals surface area contributed by atoms with Crippen LogP contribution in [0.4, 0.5) is 16.2 Å². The largest absolute Gasteiger partial charge is 0.508 e. The first-order valence-electron chi connectivity index (χ1n) is 12.3. The van der Waals surface area contributed by atoms with Crippen molar-refractivity contribution in [3.05, 3.63) is 82.3 Å². The maximum atomic E-state index is 13.7. The topological polar surface area (TPSA) is 134 Å². The quantitative estimate of drug-likeness (QED) is 0.248. The van der Waals surface area contributed by atoms with Crippen LogP contribution in [0.2, 0.25) is 0 Å². The molecule has 0 unspecified atom stereocenters. The summed E-state index contributed by atoms with van der Waals surface area (Å²) in [6.45, 7) is 7.48. The fourth-order valence-electron chi connectivity index (χ4n) is 4.59. The number of carboxylic acid groups (broad SMARTS) is 1. The number of carbonyl (C=O) groups excluding carboxylic acids is 1. The van der Waals surface area contributed by atoms with Gasteiger partial charge in [0, 0.05) is 22.8 Å².